The van der Waals surface area contributed by atoms with Gasteiger partial charge in [0.05, 0.1) is 33.3 Å². The van der Waals surface area contributed by atoms with Crippen LogP contribution in [0.3, 0.4) is 0 Å². The number of sulfonamides is 1. The zero-order valence-electron chi connectivity index (χ0n) is 23.3. The fourth-order valence-electron chi connectivity index (χ4n) is 4.81. The Morgan fingerprint density at radius 1 is 0.974 bits per heavy atom. The molecular weight excluding hydrogens is 522 g/mol. The summed E-state index contributed by atoms with van der Waals surface area (Å²) in [5.41, 5.74) is 1.03. The smallest absolute Gasteiger partial charge is 0.244 e. The Morgan fingerprint density at radius 3 is 2.15 bits per heavy atom. The molecule has 1 unspecified atom stereocenters. The van der Waals surface area contributed by atoms with Gasteiger partial charge in [-0.1, -0.05) is 31.9 Å². The number of amides is 2. The van der Waals surface area contributed by atoms with Gasteiger partial charge < -0.3 is 24.4 Å². The molecule has 3 rings (SSSR count). The first-order valence-electron chi connectivity index (χ1n) is 13.0. The van der Waals surface area contributed by atoms with Gasteiger partial charge in [0.2, 0.25) is 21.8 Å². The second kappa shape index (κ2) is 13.5. The van der Waals surface area contributed by atoms with Crippen molar-refractivity contribution in [2.24, 2.45) is 0 Å². The van der Waals surface area contributed by atoms with E-state index in [0.717, 1.165) is 41.8 Å². The van der Waals surface area contributed by atoms with Crippen LogP contribution < -0.4 is 23.8 Å². The molecule has 0 bridgehead atoms. The summed E-state index contributed by atoms with van der Waals surface area (Å²) >= 11 is 0. The van der Waals surface area contributed by atoms with Gasteiger partial charge in [-0.2, -0.15) is 0 Å². The van der Waals surface area contributed by atoms with E-state index in [2.05, 4.69) is 5.32 Å². The van der Waals surface area contributed by atoms with E-state index in [-0.39, 0.29) is 24.2 Å². The molecule has 0 saturated heterocycles. The zero-order valence-corrected chi connectivity index (χ0v) is 24.1. The summed E-state index contributed by atoms with van der Waals surface area (Å²) < 4.78 is 42.6. The van der Waals surface area contributed by atoms with Gasteiger partial charge in [0.15, 0.2) is 11.5 Å². The minimum atomic E-state index is -3.87. The number of hydrogen-bond acceptors (Lipinski definition) is 7. The molecule has 1 N–H and O–H groups in total. The molecule has 214 valence electrons. The van der Waals surface area contributed by atoms with Crippen molar-refractivity contribution < 1.29 is 32.2 Å². The third-order valence-corrected chi connectivity index (χ3v) is 8.07. The van der Waals surface area contributed by atoms with Crippen LogP contribution >= 0.6 is 0 Å². The lowest BCUT2D eigenvalue weighted by Crippen LogP contribution is -2.53. The molecule has 1 aliphatic carbocycles. The van der Waals surface area contributed by atoms with Gasteiger partial charge in [-0.3, -0.25) is 13.9 Å². The Morgan fingerprint density at radius 2 is 1.62 bits per heavy atom. The second-order valence-electron chi connectivity index (χ2n) is 9.59. The van der Waals surface area contributed by atoms with Crippen LogP contribution in [-0.4, -0.2) is 71.3 Å². The van der Waals surface area contributed by atoms with Gasteiger partial charge in [0.25, 0.3) is 0 Å². The lowest BCUT2D eigenvalue weighted by molar-refractivity contribution is -0.140. The van der Waals surface area contributed by atoms with E-state index >= 15 is 0 Å². The fraction of sp³-hybridized carbons (Fsp3) is 0.500. The number of nitrogens with zero attached hydrogens (tertiary/aromatic N) is 2. The fourth-order valence-corrected chi connectivity index (χ4v) is 5.65. The molecule has 2 aromatic carbocycles. The van der Waals surface area contributed by atoms with Crippen LogP contribution in [-0.2, 0) is 26.2 Å². The molecule has 0 aliphatic heterocycles. The van der Waals surface area contributed by atoms with Crippen molar-refractivity contribution in [1.82, 2.24) is 10.2 Å². The van der Waals surface area contributed by atoms with Gasteiger partial charge in [0.1, 0.15) is 18.3 Å². The zero-order chi connectivity index (χ0) is 28.6. The van der Waals surface area contributed by atoms with Crippen LogP contribution in [0.5, 0.6) is 17.2 Å². The minimum absolute atomic E-state index is 0.0868. The third kappa shape index (κ3) is 7.78. The van der Waals surface area contributed by atoms with Crippen molar-refractivity contribution in [1.29, 1.82) is 0 Å². The van der Waals surface area contributed by atoms with E-state index in [4.69, 9.17) is 14.2 Å². The van der Waals surface area contributed by atoms with Gasteiger partial charge in [-0.15, -0.1) is 0 Å². The molecule has 39 heavy (non-hydrogen) atoms. The summed E-state index contributed by atoms with van der Waals surface area (Å²) in [7, 11) is 0.624. The van der Waals surface area contributed by atoms with Crippen LogP contribution in [0.15, 0.2) is 42.5 Å². The van der Waals surface area contributed by atoms with E-state index in [0.29, 0.717) is 23.7 Å². The van der Waals surface area contributed by atoms with Crippen LogP contribution in [0.25, 0.3) is 0 Å². The standard InChI is InChI=1S/C28H39N3O7S/c1-6-24(28(33)29-21-9-7-8-10-21)30(18-20-11-14-23(36-2)15-12-20)27(32)19-31(39(5,34)35)22-13-16-25(37-3)26(17-22)38-4/h11-17,21,24H,6-10,18-19H2,1-5H3,(H,29,33). The normalized spacial score (nSPS) is 14.4. The molecule has 0 radical (unpaired) electrons. The number of hydrogen-bond donors (Lipinski definition) is 1. The van der Waals surface area contributed by atoms with Crippen molar-refractivity contribution in [2.45, 2.75) is 57.7 Å². The maximum Gasteiger partial charge on any atom is 0.244 e. The lowest BCUT2D eigenvalue weighted by atomic mass is 10.1. The van der Waals surface area contributed by atoms with Gasteiger partial charge >= 0.3 is 0 Å². The first-order chi connectivity index (χ1) is 18.6. The van der Waals surface area contributed by atoms with E-state index in [1.54, 1.807) is 31.4 Å². The summed E-state index contributed by atoms with van der Waals surface area (Å²) in [6.45, 7) is 1.48. The van der Waals surface area contributed by atoms with Crippen LogP contribution in [0.1, 0.15) is 44.6 Å². The van der Waals surface area contributed by atoms with Crippen molar-refractivity contribution in [3.63, 3.8) is 0 Å². The molecule has 11 heteroatoms. The molecule has 0 aromatic heterocycles. The number of methoxy groups -OCH3 is 3. The van der Waals surface area contributed by atoms with Gasteiger partial charge in [0, 0.05) is 18.7 Å². The minimum Gasteiger partial charge on any atom is -0.497 e. The van der Waals surface area contributed by atoms with Gasteiger partial charge in [-0.25, -0.2) is 8.42 Å². The third-order valence-electron chi connectivity index (χ3n) is 6.93. The molecule has 1 fully saturated rings. The van der Waals surface area contributed by atoms with Crippen LogP contribution in [0.2, 0.25) is 0 Å². The second-order valence-corrected chi connectivity index (χ2v) is 11.5. The maximum atomic E-state index is 13.9. The highest BCUT2D eigenvalue weighted by Crippen LogP contribution is 2.32. The lowest BCUT2D eigenvalue weighted by Gasteiger charge is -2.33. The Hall–Kier alpha value is -3.47. The average Bonchev–Trinajstić information content (AvgIpc) is 3.43. The van der Waals surface area contributed by atoms with Crippen molar-refractivity contribution in [2.75, 3.05) is 38.4 Å². The monoisotopic (exact) mass is 561 g/mol. The molecule has 0 spiro atoms. The average molecular weight is 562 g/mol. The van der Waals surface area contributed by atoms with Gasteiger partial charge in [-0.05, 0) is 49.1 Å². The molecule has 0 heterocycles. The topological polar surface area (TPSA) is 114 Å². The predicted molar refractivity (Wildman–Crippen MR) is 150 cm³/mol. The number of nitrogens with one attached hydrogen (secondary N) is 1. The van der Waals surface area contributed by atoms with Crippen molar-refractivity contribution in [3.8, 4) is 17.2 Å². The first-order valence-corrected chi connectivity index (χ1v) is 14.9. The summed E-state index contributed by atoms with van der Waals surface area (Å²) in [6, 6.07) is 11.2. The first kappa shape index (κ1) is 30.1. The molecule has 10 nitrogen and oxygen atoms in total. The number of carbonyl (C=O) groups is 2. The molecule has 1 atom stereocenters. The quantitative estimate of drug-likeness (QED) is 0.399. The number of ether oxygens (including phenoxy) is 3. The molecular formula is C28H39N3O7S. The van der Waals surface area contributed by atoms with E-state index in [1.165, 1.54) is 25.2 Å². The SMILES string of the molecule is CCC(C(=O)NC1CCCC1)N(Cc1ccc(OC)cc1)C(=O)CN(c1ccc(OC)c(OC)c1)S(C)(=O)=O. The summed E-state index contributed by atoms with van der Waals surface area (Å²) in [4.78, 5) is 28.7. The largest absolute Gasteiger partial charge is 0.497 e. The number of anilines is 1. The number of carbonyl (C=O) groups excluding carboxylic acids is 2. The molecule has 2 amide bonds. The van der Waals surface area contributed by atoms with E-state index in [9.17, 15) is 18.0 Å². The summed E-state index contributed by atoms with van der Waals surface area (Å²) in [6.07, 6.45) is 5.35. The molecule has 1 saturated carbocycles. The Balaban J connectivity index is 1.95. The van der Waals surface area contributed by atoms with E-state index in [1.807, 2.05) is 19.1 Å². The van der Waals surface area contributed by atoms with Crippen molar-refractivity contribution in [3.05, 3.63) is 48.0 Å². The molecule has 1 aliphatic rings. The van der Waals surface area contributed by atoms with Crippen molar-refractivity contribution >= 4 is 27.5 Å². The molecule has 2 aromatic rings. The van der Waals surface area contributed by atoms with Crippen LogP contribution in [0, 0.1) is 0 Å². The number of rotatable bonds is 13. The highest BCUT2D eigenvalue weighted by molar-refractivity contribution is 7.92. The highest BCUT2D eigenvalue weighted by atomic mass is 32.2. The number of benzene rings is 2. The van der Waals surface area contributed by atoms with Crippen LogP contribution in [0.4, 0.5) is 5.69 Å². The Labute approximate surface area is 231 Å². The highest BCUT2D eigenvalue weighted by Gasteiger charge is 2.33. The Bertz CT molecular complexity index is 1230. The summed E-state index contributed by atoms with van der Waals surface area (Å²) in [5.74, 6) is 0.687. The maximum absolute atomic E-state index is 13.9. The van der Waals surface area contributed by atoms with E-state index < -0.39 is 28.5 Å². The Kier molecular flexibility index (Phi) is 10.4. The summed E-state index contributed by atoms with van der Waals surface area (Å²) in [5, 5.41) is 3.10. The predicted octanol–water partition coefficient (Wildman–Crippen LogP) is 3.34.